The first-order chi connectivity index (χ1) is 15.4. The maximum atomic E-state index is 13.3. The van der Waals surface area contributed by atoms with Gasteiger partial charge in [-0.25, -0.2) is 8.42 Å². The molecule has 0 aliphatic carbocycles. The van der Waals surface area contributed by atoms with Crippen LogP contribution >= 0.6 is 22.9 Å². The summed E-state index contributed by atoms with van der Waals surface area (Å²) in [5.41, 5.74) is 2.13. The molecule has 1 aromatic heterocycles. The topological polar surface area (TPSA) is 61.9 Å². The number of nitrogens with zero attached hydrogens (tertiary/aromatic N) is 2. The summed E-state index contributed by atoms with van der Waals surface area (Å²) in [6.45, 7) is 4.47. The van der Waals surface area contributed by atoms with E-state index in [4.69, 9.17) is 16.3 Å². The molecule has 2 aromatic carbocycles. The van der Waals surface area contributed by atoms with Crippen molar-refractivity contribution in [2.24, 2.45) is 0 Å². The molecule has 3 aromatic rings. The van der Waals surface area contributed by atoms with Gasteiger partial charge in [0.05, 0.1) is 18.5 Å². The third-order valence-electron chi connectivity index (χ3n) is 6.10. The molecule has 32 heavy (non-hydrogen) atoms. The number of fused-ring (bicyclic) bond motifs is 2. The SMILES string of the molecule is COc1ccc(NS(=O)(=O)c2sc3ccc(Cl)cc3c2C)cc1N1CCN2C=CC[C@@H]2C1. The monoisotopic (exact) mass is 489 g/mol. The van der Waals surface area contributed by atoms with Gasteiger partial charge in [-0.15, -0.1) is 11.3 Å². The second-order valence-corrected chi connectivity index (χ2v) is 11.5. The number of thiophene rings is 1. The Bertz CT molecular complexity index is 1320. The first-order valence-electron chi connectivity index (χ1n) is 10.4. The zero-order valence-corrected chi connectivity index (χ0v) is 20.2. The Morgan fingerprint density at radius 3 is 2.84 bits per heavy atom. The van der Waals surface area contributed by atoms with Gasteiger partial charge in [0, 0.05) is 35.4 Å². The molecule has 0 amide bonds. The highest BCUT2D eigenvalue weighted by Crippen LogP contribution is 2.38. The summed E-state index contributed by atoms with van der Waals surface area (Å²) in [6.07, 6.45) is 5.40. The van der Waals surface area contributed by atoms with Crippen LogP contribution in [0, 0.1) is 6.92 Å². The number of benzene rings is 2. The van der Waals surface area contributed by atoms with E-state index in [1.807, 2.05) is 31.2 Å². The number of sulfonamides is 1. The third kappa shape index (κ3) is 3.80. The normalized spacial score (nSPS) is 18.3. The molecule has 1 saturated heterocycles. The summed E-state index contributed by atoms with van der Waals surface area (Å²) in [7, 11) is -2.11. The van der Waals surface area contributed by atoms with Crippen molar-refractivity contribution in [3.63, 3.8) is 0 Å². The number of aryl methyl sites for hydroxylation is 1. The van der Waals surface area contributed by atoms with E-state index in [1.54, 1.807) is 19.2 Å². The fourth-order valence-corrected chi connectivity index (χ4v) is 7.45. The van der Waals surface area contributed by atoms with Crippen molar-refractivity contribution in [3.05, 3.63) is 59.3 Å². The highest BCUT2D eigenvalue weighted by atomic mass is 35.5. The average Bonchev–Trinajstić information content (AvgIpc) is 3.37. The summed E-state index contributed by atoms with van der Waals surface area (Å²) in [5.74, 6) is 0.736. The van der Waals surface area contributed by atoms with Crippen LogP contribution < -0.4 is 14.4 Å². The van der Waals surface area contributed by atoms with Crippen LogP contribution in [0.3, 0.4) is 0 Å². The maximum Gasteiger partial charge on any atom is 0.271 e. The summed E-state index contributed by atoms with van der Waals surface area (Å²) < 4.78 is 36.1. The largest absolute Gasteiger partial charge is 0.495 e. The van der Waals surface area contributed by atoms with E-state index < -0.39 is 10.0 Å². The van der Waals surface area contributed by atoms with Gasteiger partial charge in [-0.2, -0.15) is 0 Å². The number of anilines is 2. The van der Waals surface area contributed by atoms with Crippen molar-refractivity contribution in [1.82, 2.24) is 4.90 Å². The van der Waals surface area contributed by atoms with Gasteiger partial charge in [-0.05, 0) is 66.9 Å². The Kier molecular flexibility index (Phi) is 5.47. The average molecular weight is 490 g/mol. The first kappa shape index (κ1) is 21.4. The first-order valence-corrected chi connectivity index (χ1v) is 13.1. The maximum absolute atomic E-state index is 13.3. The van der Waals surface area contributed by atoms with Crippen molar-refractivity contribution >= 4 is 54.4 Å². The molecule has 0 saturated carbocycles. The van der Waals surface area contributed by atoms with Crippen LogP contribution in [0.25, 0.3) is 10.1 Å². The Labute approximate surface area is 197 Å². The van der Waals surface area contributed by atoms with Gasteiger partial charge in [0.2, 0.25) is 0 Å². The summed E-state index contributed by atoms with van der Waals surface area (Å²) in [6, 6.07) is 11.3. The highest BCUT2D eigenvalue weighted by Gasteiger charge is 2.29. The van der Waals surface area contributed by atoms with E-state index in [9.17, 15) is 8.42 Å². The number of piperazine rings is 1. The summed E-state index contributed by atoms with van der Waals surface area (Å²) >= 11 is 7.37. The van der Waals surface area contributed by atoms with Crippen LogP contribution in [0.4, 0.5) is 11.4 Å². The number of hydrogen-bond acceptors (Lipinski definition) is 6. The van der Waals surface area contributed by atoms with Crippen molar-refractivity contribution in [2.75, 3.05) is 36.4 Å². The Balaban J connectivity index is 1.45. The van der Waals surface area contributed by atoms with E-state index in [2.05, 4.69) is 26.8 Å². The molecule has 6 nitrogen and oxygen atoms in total. The molecular weight excluding hydrogens is 466 g/mol. The minimum absolute atomic E-state index is 0.303. The molecule has 2 aliphatic heterocycles. The molecule has 0 spiro atoms. The van der Waals surface area contributed by atoms with E-state index in [0.717, 1.165) is 47.6 Å². The molecule has 0 unspecified atom stereocenters. The lowest BCUT2D eigenvalue weighted by Crippen LogP contribution is -2.49. The summed E-state index contributed by atoms with van der Waals surface area (Å²) in [5, 5.41) is 1.45. The number of rotatable bonds is 5. The van der Waals surface area contributed by atoms with E-state index in [-0.39, 0.29) is 0 Å². The fourth-order valence-electron chi connectivity index (χ4n) is 4.48. The molecule has 9 heteroatoms. The van der Waals surface area contributed by atoms with E-state index >= 15 is 0 Å². The zero-order chi connectivity index (χ0) is 22.5. The molecule has 3 heterocycles. The molecule has 5 rings (SSSR count). The second-order valence-electron chi connectivity index (χ2n) is 8.11. The molecule has 168 valence electrons. The second kappa shape index (κ2) is 8.17. The van der Waals surface area contributed by atoms with E-state index in [0.29, 0.717) is 26.5 Å². The van der Waals surface area contributed by atoms with Crippen LogP contribution in [0.15, 0.2) is 52.9 Å². The number of ether oxygens (including phenoxy) is 1. The van der Waals surface area contributed by atoms with E-state index in [1.165, 1.54) is 11.3 Å². The summed E-state index contributed by atoms with van der Waals surface area (Å²) in [4.78, 5) is 4.64. The zero-order valence-electron chi connectivity index (χ0n) is 17.8. The molecule has 0 bridgehead atoms. The molecule has 1 N–H and O–H groups in total. The number of nitrogens with one attached hydrogen (secondary N) is 1. The third-order valence-corrected chi connectivity index (χ3v) is 9.61. The predicted octanol–water partition coefficient (Wildman–Crippen LogP) is 5.08. The van der Waals surface area contributed by atoms with Crippen molar-refractivity contribution < 1.29 is 13.2 Å². The molecule has 2 aliphatic rings. The van der Waals surface area contributed by atoms with Crippen LogP contribution in [-0.4, -0.2) is 46.1 Å². The van der Waals surface area contributed by atoms with Crippen LogP contribution in [0.5, 0.6) is 5.75 Å². The predicted molar refractivity (Wildman–Crippen MR) is 132 cm³/mol. The minimum Gasteiger partial charge on any atom is -0.495 e. The Morgan fingerprint density at radius 2 is 2.03 bits per heavy atom. The Hall–Kier alpha value is -2.42. The van der Waals surface area contributed by atoms with Gasteiger partial charge in [0.25, 0.3) is 10.0 Å². The van der Waals surface area contributed by atoms with Gasteiger partial charge in [-0.3, -0.25) is 4.72 Å². The minimum atomic E-state index is -3.75. The number of halogens is 1. The fraction of sp³-hybridized carbons (Fsp3) is 0.304. The van der Waals surface area contributed by atoms with Crippen molar-refractivity contribution in [3.8, 4) is 5.75 Å². The van der Waals surface area contributed by atoms with Gasteiger partial charge in [0.15, 0.2) is 0 Å². The smallest absolute Gasteiger partial charge is 0.271 e. The van der Waals surface area contributed by atoms with Gasteiger partial charge < -0.3 is 14.5 Å². The number of methoxy groups -OCH3 is 1. The molecular formula is C23H24ClN3O3S2. The lowest BCUT2D eigenvalue weighted by molar-refractivity contribution is 0.270. The number of hydrogen-bond donors (Lipinski definition) is 1. The lowest BCUT2D eigenvalue weighted by Gasteiger charge is -2.40. The van der Waals surface area contributed by atoms with Crippen LogP contribution in [0.2, 0.25) is 5.02 Å². The standard InChI is InChI=1S/C23H24ClN3O3S2/c1-15-19-12-16(24)5-8-22(19)31-23(15)32(28,29)25-17-6-7-21(30-2)20(13-17)27-11-10-26-9-3-4-18(26)14-27/h3,5-9,12-13,18,25H,4,10-11,14H2,1-2H3/t18-/m1/s1. The lowest BCUT2D eigenvalue weighted by atomic mass is 10.1. The highest BCUT2D eigenvalue weighted by molar-refractivity contribution is 7.94. The van der Waals surface area contributed by atoms with Gasteiger partial charge in [-0.1, -0.05) is 17.7 Å². The Morgan fingerprint density at radius 1 is 1.19 bits per heavy atom. The van der Waals surface area contributed by atoms with Crippen molar-refractivity contribution in [2.45, 2.75) is 23.6 Å². The van der Waals surface area contributed by atoms with Gasteiger partial charge in [0.1, 0.15) is 9.96 Å². The molecule has 1 fully saturated rings. The van der Waals surface area contributed by atoms with Crippen molar-refractivity contribution in [1.29, 1.82) is 0 Å². The molecule has 1 atom stereocenters. The quantitative estimate of drug-likeness (QED) is 0.541. The molecule has 0 radical (unpaired) electrons. The van der Waals surface area contributed by atoms with Gasteiger partial charge >= 0.3 is 0 Å². The van der Waals surface area contributed by atoms with Crippen LogP contribution in [-0.2, 0) is 10.0 Å². The van der Waals surface area contributed by atoms with Crippen LogP contribution in [0.1, 0.15) is 12.0 Å².